The summed E-state index contributed by atoms with van der Waals surface area (Å²) in [7, 11) is 0. The number of amides is 2. The third kappa shape index (κ3) is 5.92. The minimum Gasteiger partial charge on any atom is -0.484 e. The Bertz CT molecular complexity index is 725. The summed E-state index contributed by atoms with van der Waals surface area (Å²) in [5.74, 6) is -1.03. The Morgan fingerprint density at radius 1 is 1.04 bits per heavy atom. The van der Waals surface area contributed by atoms with Gasteiger partial charge in [0.1, 0.15) is 11.6 Å². The molecule has 0 heterocycles. The van der Waals surface area contributed by atoms with Crippen LogP contribution in [0.2, 0.25) is 0 Å². The van der Waals surface area contributed by atoms with Crippen LogP contribution in [0.25, 0.3) is 6.08 Å². The second-order valence-electron chi connectivity index (χ2n) is 5.02. The first kappa shape index (κ1) is 17.2. The smallest absolute Gasteiger partial charge is 0.276 e. The molecule has 24 heavy (non-hydrogen) atoms. The number of hydrogen-bond acceptors (Lipinski definition) is 3. The quantitative estimate of drug-likeness (QED) is 0.654. The molecule has 0 radical (unpaired) electrons. The van der Waals surface area contributed by atoms with E-state index in [2.05, 4.69) is 10.9 Å². The largest absolute Gasteiger partial charge is 0.484 e. The fraction of sp³-hybridized carbons (Fsp3) is 0.111. The first-order valence-corrected chi connectivity index (χ1v) is 7.25. The highest BCUT2D eigenvalue weighted by Crippen LogP contribution is 2.10. The maximum absolute atomic E-state index is 12.7. The molecule has 2 amide bonds. The van der Waals surface area contributed by atoms with Gasteiger partial charge in [-0.1, -0.05) is 29.8 Å². The summed E-state index contributed by atoms with van der Waals surface area (Å²) in [6, 6.07) is 12.9. The Labute approximate surface area is 139 Å². The molecule has 0 aliphatic carbocycles. The number of carbonyl (C=O) groups is 2. The summed E-state index contributed by atoms with van der Waals surface area (Å²) in [5.41, 5.74) is 6.47. The molecule has 0 fully saturated rings. The van der Waals surface area contributed by atoms with Crippen LogP contribution >= 0.6 is 0 Å². The van der Waals surface area contributed by atoms with Crippen molar-refractivity contribution in [3.8, 4) is 5.75 Å². The maximum atomic E-state index is 12.7. The molecule has 2 N–H and O–H groups in total. The molecule has 0 spiro atoms. The van der Waals surface area contributed by atoms with Gasteiger partial charge in [0.2, 0.25) is 0 Å². The minimum atomic E-state index is -0.531. The predicted molar refractivity (Wildman–Crippen MR) is 88.4 cm³/mol. The lowest BCUT2D eigenvalue weighted by atomic mass is 10.1. The zero-order valence-corrected chi connectivity index (χ0v) is 13.1. The number of benzene rings is 2. The van der Waals surface area contributed by atoms with Crippen molar-refractivity contribution >= 4 is 17.9 Å². The third-order valence-corrected chi connectivity index (χ3v) is 3.01. The van der Waals surface area contributed by atoms with E-state index < -0.39 is 11.8 Å². The lowest BCUT2D eigenvalue weighted by Gasteiger charge is -2.07. The molecule has 2 aromatic rings. The van der Waals surface area contributed by atoms with Crippen LogP contribution < -0.4 is 15.6 Å². The second-order valence-corrected chi connectivity index (χ2v) is 5.02. The molecule has 0 aliphatic rings. The molecule has 0 saturated heterocycles. The van der Waals surface area contributed by atoms with Gasteiger partial charge in [-0.15, -0.1) is 0 Å². The van der Waals surface area contributed by atoms with Crippen molar-refractivity contribution in [2.45, 2.75) is 6.92 Å². The average molecular weight is 328 g/mol. The number of nitrogens with one attached hydrogen (secondary N) is 2. The minimum absolute atomic E-state index is 0.298. The van der Waals surface area contributed by atoms with Gasteiger partial charge in [-0.3, -0.25) is 20.4 Å². The Morgan fingerprint density at radius 2 is 1.71 bits per heavy atom. The van der Waals surface area contributed by atoms with Crippen LogP contribution in [0.5, 0.6) is 5.75 Å². The van der Waals surface area contributed by atoms with E-state index in [1.165, 1.54) is 30.3 Å². The number of halogens is 1. The molecule has 124 valence electrons. The first-order chi connectivity index (χ1) is 11.5. The van der Waals surface area contributed by atoms with Gasteiger partial charge >= 0.3 is 0 Å². The van der Waals surface area contributed by atoms with Crippen molar-refractivity contribution in [1.82, 2.24) is 10.9 Å². The molecule has 2 rings (SSSR count). The third-order valence-electron chi connectivity index (χ3n) is 3.01. The molecule has 0 aliphatic heterocycles. The SMILES string of the molecule is Cc1ccc(/C=C/C(=O)NNC(=O)COc2ccc(F)cc2)cc1. The number of rotatable bonds is 5. The Morgan fingerprint density at radius 3 is 2.38 bits per heavy atom. The highest BCUT2D eigenvalue weighted by Gasteiger charge is 2.04. The summed E-state index contributed by atoms with van der Waals surface area (Å²) in [6.45, 7) is 1.68. The van der Waals surface area contributed by atoms with E-state index >= 15 is 0 Å². The summed E-state index contributed by atoms with van der Waals surface area (Å²) in [6.07, 6.45) is 2.95. The van der Waals surface area contributed by atoms with Crippen molar-refractivity contribution in [1.29, 1.82) is 0 Å². The molecule has 6 heteroatoms. The molecular formula is C18H17FN2O3. The highest BCUT2D eigenvalue weighted by molar-refractivity contribution is 5.93. The Kier molecular flexibility index (Phi) is 6.08. The van der Waals surface area contributed by atoms with Crippen molar-refractivity contribution in [3.05, 3.63) is 71.6 Å². The van der Waals surface area contributed by atoms with E-state index in [4.69, 9.17) is 4.74 Å². The number of ether oxygens (including phenoxy) is 1. The summed E-state index contributed by atoms with van der Waals surface area (Å²) in [4.78, 5) is 23.2. The van der Waals surface area contributed by atoms with E-state index in [-0.39, 0.29) is 12.4 Å². The van der Waals surface area contributed by atoms with Crippen LogP contribution in [0.1, 0.15) is 11.1 Å². The van der Waals surface area contributed by atoms with Gasteiger partial charge in [-0.05, 0) is 42.8 Å². The molecule has 0 unspecified atom stereocenters. The standard InChI is InChI=1S/C18H17FN2O3/c1-13-2-4-14(5-3-13)6-11-17(22)20-21-18(23)12-24-16-9-7-15(19)8-10-16/h2-11H,12H2,1H3,(H,20,22)(H,21,23)/b11-6+. The van der Waals surface area contributed by atoms with E-state index in [0.717, 1.165) is 11.1 Å². The fourth-order valence-corrected chi connectivity index (χ4v) is 1.74. The number of hydrogen-bond donors (Lipinski definition) is 2. The predicted octanol–water partition coefficient (Wildman–Crippen LogP) is 2.37. The highest BCUT2D eigenvalue weighted by atomic mass is 19.1. The topological polar surface area (TPSA) is 67.4 Å². The molecule has 0 bridgehead atoms. The molecule has 0 saturated carbocycles. The second kappa shape index (κ2) is 8.47. The Balaban J connectivity index is 1.71. The van der Waals surface area contributed by atoms with Crippen LogP contribution in [0, 0.1) is 12.7 Å². The van der Waals surface area contributed by atoms with Crippen LogP contribution in [-0.4, -0.2) is 18.4 Å². The zero-order chi connectivity index (χ0) is 17.4. The fourth-order valence-electron chi connectivity index (χ4n) is 1.74. The van der Waals surface area contributed by atoms with E-state index in [1.807, 2.05) is 31.2 Å². The van der Waals surface area contributed by atoms with Crippen molar-refractivity contribution in [3.63, 3.8) is 0 Å². The van der Waals surface area contributed by atoms with Crippen LogP contribution in [0.15, 0.2) is 54.6 Å². The summed E-state index contributed by atoms with van der Waals surface area (Å²) in [5, 5.41) is 0. The lowest BCUT2D eigenvalue weighted by Crippen LogP contribution is -2.43. The van der Waals surface area contributed by atoms with Gasteiger partial charge in [0.25, 0.3) is 11.8 Å². The molecule has 2 aromatic carbocycles. The van der Waals surface area contributed by atoms with E-state index in [9.17, 15) is 14.0 Å². The van der Waals surface area contributed by atoms with Gasteiger partial charge in [0.05, 0.1) is 0 Å². The van der Waals surface area contributed by atoms with Crippen molar-refractivity contribution < 1.29 is 18.7 Å². The van der Waals surface area contributed by atoms with Crippen LogP contribution in [0.3, 0.4) is 0 Å². The Hall–Kier alpha value is -3.15. The van der Waals surface area contributed by atoms with Gasteiger partial charge < -0.3 is 4.74 Å². The van der Waals surface area contributed by atoms with Crippen LogP contribution in [0.4, 0.5) is 4.39 Å². The van der Waals surface area contributed by atoms with E-state index in [1.54, 1.807) is 6.08 Å². The number of hydrazine groups is 1. The zero-order valence-electron chi connectivity index (χ0n) is 13.1. The van der Waals surface area contributed by atoms with Gasteiger partial charge in [-0.25, -0.2) is 4.39 Å². The van der Waals surface area contributed by atoms with Crippen molar-refractivity contribution in [2.75, 3.05) is 6.61 Å². The van der Waals surface area contributed by atoms with Gasteiger partial charge in [0.15, 0.2) is 6.61 Å². The molecule has 5 nitrogen and oxygen atoms in total. The monoisotopic (exact) mass is 328 g/mol. The molecular weight excluding hydrogens is 311 g/mol. The number of aryl methyl sites for hydroxylation is 1. The van der Waals surface area contributed by atoms with E-state index in [0.29, 0.717) is 5.75 Å². The first-order valence-electron chi connectivity index (χ1n) is 7.25. The van der Waals surface area contributed by atoms with Crippen molar-refractivity contribution in [2.24, 2.45) is 0 Å². The molecule has 0 atom stereocenters. The van der Waals surface area contributed by atoms with Crippen LogP contribution in [-0.2, 0) is 9.59 Å². The number of carbonyl (C=O) groups excluding carboxylic acids is 2. The molecule has 0 aromatic heterocycles. The lowest BCUT2D eigenvalue weighted by molar-refractivity contribution is -0.128. The average Bonchev–Trinajstić information content (AvgIpc) is 2.59. The maximum Gasteiger partial charge on any atom is 0.276 e. The summed E-state index contributed by atoms with van der Waals surface area (Å²) < 4.78 is 17.9. The normalized spacial score (nSPS) is 10.4. The summed E-state index contributed by atoms with van der Waals surface area (Å²) >= 11 is 0. The van der Waals surface area contributed by atoms with Gasteiger partial charge in [0, 0.05) is 6.08 Å². The van der Waals surface area contributed by atoms with Gasteiger partial charge in [-0.2, -0.15) is 0 Å².